The molecular weight excluding hydrogens is 328 g/mol. The van der Waals surface area contributed by atoms with Crippen LogP contribution in [-0.2, 0) is 4.79 Å². The van der Waals surface area contributed by atoms with Crippen molar-refractivity contribution in [2.75, 3.05) is 10.6 Å². The van der Waals surface area contributed by atoms with Gasteiger partial charge in [-0.05, 0) is 55.4 Å². The molecule has 2 aliphatic carbocycles. The molecule has 0 aliphatic heterocycles. The molecular formula is C20H22N4O2. The van der Waals surface area contributed by atoms with E-state index in [-0.39, 0.29) is 17.7 Å². The molecule has 0 atom stereocenters. The maximum atomic E-state index is 12.6. The molecule has 26 heavy (non-hydrogen) atoms. The Balaban J connectivity index is 1.44. The van der Waals surface area contributed by atoms with Crippen molar-refractivity contribution in [3.63, 3.8) is 0 Å². The standard InChI is InChI=1S/C20H22N4O2/c25-19(14-5-6-14)24-18-10-15(7-8-22-18)20(26)23-17-9-16(11-21-12-17)13-3-1-2-4-13/h7-14H,1-6H2,(H,23,26)(H,22,24,25). The third-order valence-corrected chi connectivity index (χ3v) is 5.07. The Kier molecular flexibility index (Phi) is 4.65. The van der Waals surface area contributed by atoms with E-state index in [1.54, 1.807) is 18.3 Å². The summed E-state index contributed by atoms with van der Waals surface area (Å²) in [6.45, 7) is 0. The van der Waals surface area contributed by atoms with Gasteiger partial charge in [-0.15, -0.1) is 0 Å². The molecule has 2 aromatic heterocycles. The van der Waals surface area contributed by atoms with Crippen LogP contribution in [0.1, 0.15) is 60.4 Å². The average Bonchev–Trinajstić information content (AvgIpc) is 3.37. The minimum Gasteiger partial charge on any atom is -0.321 e. The molecule has 6 heteroatoms. The van der Waals surface area contributed by atoms with Crippen LogP contribution in [0.4, 0.5) is 11.5 Å². The number of nitrogens with one attached hydrogen (secondary N) is 2. The van der Waals surface area contributed by atoms with Crippen molar-refractivity contribution in [1.29, 1.82) is 0 Å². The monoisotopic (exact) mass is 350 g/mol. The van der Waals surface area contributed by atoms with E-state index in [9.17, 15) is 9.59 Å². The fourth-order valence-electron chi connectivity index (χ4n) is 3.43. The largest absolute Gasteiger partial charge is 0.321 e. The van der Waals surface area contributed by atoms with Crippen molar-refractivity contribution in [1.82, 2.24) is 9.97 Å². The lowest BCUT2D eigenvalue weighted by atomic mass is 9.99. The highest BCUT2D eigenvalue weighted by atomic mass is 16.2. The first-order valence-electron chi connectivity index (χ1n) is 9.22. The topological polar surface area (TPSA) is 84.0 Å². The van der Waals surface area contributed by atoms with Crippen LogP contribution in [0, 0.1) is 5.92 Å². The molecule has 0 saturated heterocycles. The van der Waals surface area contributed by atoms with Gasteiger partial charge in [0.1, 0.15) is 5.82 Å². The minimum absolute atomic E-state index is 0.0245. The molecule has 2 saturated carbocycles. The number of rotatable bonds is 5. The Bertz CT molecular complexity index is 826. The molecule has 0 aromatic carbocycles. The van der Waals surface area contributed by atoms with Crippen molar-refractivity contribution >= 4 is 23.3 Å². The third kappa shape index (κ3) is 3.90. The molecule has 2 amide bonds. The Morgan fingerprint density at radius 1 is 1.00 bits per heavy atom. The Hall–Kier alpha value is -2.76. The Labute approximate surface area is 152 Å². The van der Waals surface area contributed by atoms with Crippen LogP contribution in [0.3, 0.4) is 0 Å². The minimum atomic E-state index is -0.236. The Morgan fingerprint density at radius 3 is 2.58 bits per heavy atom. The average molecular weight is 350 g/mol. The smallest absolute Gasteiger partial charge is 0.255 e. The van der Waals surface area contributed by atoms with Gasteiger partial charge in [0.05, 0.1) is 11.9 Å². The predicted octanol–water partition coefficient (Wildman–Crippen LogP) is 3.74. The number of hydrogen-bond acceptors (Lipinski definition) is 4. The van der Waals surface area contributed by atoms with Gasteiger partial charge >= 0.3 is 0 Å². The maximum absolute atomic E-state index is 12.6. The van der Waals surface area contributed by atoms with Crippen molar-refractivity contribution in [3.8, 4) is 0 Å². The quantitative estimate of drug-likeness (QED) is 0.860. The second-order valence-electron chi connectivity index (χ2n) is 7.14. The molecule has 2 aromatic rings. The van der Waals surface area contributed by atoms with E-state index in [1.807, 2.05) is 12.3 Å². The molecule has 0 unspecified atom stereocenters. The van der Waals surface area contributed by atoms with E-state index in [0.29, 0.717) is 23.0 Å². The van der Waals surface area contributed by atoms with E-state index in [1.165, 1.54) is 37.4 Å². The number of hydrogen-bond donors (Lipinski definition) is 2. The zero-order valence-corrected chi connectivity index (χ0v) is 14.6. The van der Waals surface area contributed by atoms with E-state index < -0.39 is 0 Å². The summed E-state index contributed by atoms with van der Waals surface area (Å²) in [5.74, 6) is 0.791. The molecule has 0 spiro atoms. The van der Waals surface area contributed by atoms with Crippen molar-refractivity contribution in [2.24, 2.45) is 5.92 Å². The summed E-state index contributed by atoms with van der Waals surface area (Å²) in [5, 5.41) is 5.66. The van der Waals surface area contributed by atoms with Gasteiger partial charge in [-0.25, -0.2) is 4.98 Å². The second-order valence-corrected chi connectivity index (χ2v) is 7.14. The van der Waals surface area contributed by atoms with E-state index in [2.05, 4.69) is 20.6 Å². The molecule has 4 rings (SSSR count). The van der Waals surface area contributed by atoms with Gasteiger partial charge in [0, 0.05) is 23.9 Å². The van der Waals surface area contributed by atoms with Gasteiger partial charge in [0.2, 0.25) is 5.91 Å². The number of anilines is 2. The molecule has 0 radical (unpaired) electrons. The molecule has 6 nitrogen and oxygen atoms in total. The van der Waals surface area contributed by atoms with Gasteiger partial charge in [-0.3, -0.25) is 14.6 Å². The number of amides is 2. The number of carbonyl (C=O) groups excluding carboxylic acids is 2. The lowest BCUT2D eigenvalue weighted by Crippen LogP contribution is -2.16. The van der Waals surface area contributed by atoms with Crippen LogP contribution < -0.4 is 10.6 Å². The highest BCUT2D eigenvalue weighted by Crippen LogP contribution is 2.34. The summed E-state index contributed by atoms with van der Waals surface area (Å²) < 4.78 is 0. The highest BCUT2D eigenvalue weighted by molar-refractivity contribution is 6.05. The van der Waals surface area contributed by atoms with Crippen LogP contribution in [0.15, 0.2) is 36.8 Å². The molecule has 0 bridgehead atoms. The van der Waals surface area contributed by atoms with Gasteiger partial charge < -0.3 is 10.6 Å². The summed E-state index contributed by atoms with van der Waals surface area (Å²) in [6, 6.07) is 5.25. The van der Waals surface area contributed by atoms with Crippen molar-refractivity contribution < 1.29 is 9.59 Å². The fraction of sp³-hybridized carbons (Fsp3) is 0.400. The first-order chi connectivity index (χ1) is 12.7. The second kappa shape index (κ2) is 7.23. The number of nitrogens with zero attached hydrogens (tertiary/aromatic N) is 2. The van der Waals surface area contributed by atoms with Crippen LogP contribution in [-0.4, -0.2) is 21.8 Å². The van der Waals surface area contributed by atoms with Crippen LogP contribution in [0.2, 0.25) is 0 Å². The van der Waals surface area contributed by atoms with Crippen LogP contribution in [0.5, 0.6) is 0 Å². The Morgan fingerprint density at radius 2 is 1.81 bits per heavy atom. The normalized spacial score (nSPS) is 17.1. The van der Waals surface area contributed by atoms with Crippen molar-refractivity contribution in [3.05, 3.63) is 47.9 Å². The lowest BCUT2D eigenvalue weighted by Gasteiger charge is -2.11. The van der Waals surface area contributed by atoms with Crippen molar-refractivity contribution in [2.45, 2.75) is 44.4 Å². The van der Waals surface area contributed by atoms with Gasteiger partial charge in [0.25, 0.3) is 5.91 Å². The van der Waals surface area contributed by atoms with Crippen LogP contribution >= 0.6 is 0 Å². The molecule has 134 valence electrons. The first-order valence-corrected chi connectivity index (χ1v) is 9.22. The summed E-state index contributed by atoms with van der Waals surface area (Å²) in [5.41, 5.74) is 2.34. The first kappa shape index (κ1) is 16.7. The maximum Gasteiger partial charge on any atom is 0.255 e. The lowest BCUT2D eigenvalue weighted by molar-refractivity contribution is -0.117. The third-order valence-electron chi connectivity index (χ3n) is 5.07. The summed E-state index contributed by atoms with van der Waals surface area (Å²) in [6.07, 6.45) is 11.8. The summed E-state index contributed by atoms with van der Waals surface area (Å²) in [4.78, 5) is 32.8. The summed E-state index contributed by atoms with van der Waals surface area (Å²) in [7, 11) is 0. The van der Waals surface area contributed by atoms with Gasteiger partial charge in [0.15, 0.2) is 0 Å². The fourth-order valence-corrected chi connectivity index (χ4v) is 3.43. The van der Waals surface area contributed by atoms with Crippen LogP contribution in [0.25, 0.3) is 0 Å². The number of aromatic nitrogens is 2. The zero-order valence-electron chi connectivity index (χ0n) is 14.6. The van der Waals surface area contributed by atoms with E-state index >= 15 is 0 Å². The molecule has 2 fully saturated rings. The summed E-state index contributed by atoms with van der Waals surface area (Å²) >= 11 is 0. The van der Waals surface area contributed by atoms with Gasteiger partial charge in [-0.2, -0.15) is 0 Å². The van der Waals surface area contributed by atoms with Gasteiger partial charge in [-0.1, -0.05) is 12.8 Å². The molecule has 2 aliphatic rings. The van der Waals surface area contributed by atoms with E-state index in [4.69, 9.17) is 0 Å². The molecule has 2 N–H and O–H groups in total. The highest BCUT2D eigenvalue weighted by Gasteiger charge is 2.29. The zero-order chi connectivity index (χ0) is 17.9. The number of carbonyl (C=O) groups is 2. The SMILES string of the molecule is O=C(Nc1cncc(C2CCCC2)c1)c1ccnc(NC(=O)C2CC2)c1. The van der Waals surface area contributed by atoms with E-state index in [0.717, 1.165) is 12.8 Å². The number of pyridine rings is 2. The predicted molar refractivity (Wildman–Crippen MR) is 99.0 cm³/mol. The molecule has 2 heterocycles.